The lowest BCUT2D eigenvalue weighted by atomic mass is 10.1. The number of sulfonamides is 1. The molecule has 0 saturated carbocycles. The third-order valence-corrected chi connectivity index (χ3v) is 7.74. The lowest BCUT2D eigenvalue weighted by molar-refractivity contribution is 0.101. The Morgan fingerprint density at radius 3 is 2.22 bits per heavy atom. The zero-order valence-electron chi connectivity index (χ0n) is 18.4. The number of Topliss-reactive ketones (excluding diaryl/α,β-unsaturated/α-hetero) is 1. The van der Waals surface area contributed by atoms with Gasteiger partial charge >= 0.3 is 0 Å². The van der Waals surface area contributed by atoms with Gasteiger partial charge in [0.2, 0.25) is 21.7 Å². The van der Waals surface area contributed by atoms with Crippen molar-refractivity contribution < 1.29 is 17.7 Å². The normalized spacial score (nSPS) is 16.7. The van der Waals surface area contributed by atoms with Gasteiger partial charge in [-0.05, 0) is 32.9 Å². The summed E-state index contributed by atoms with van der Waals surface area (Å²) in [7, 11) is -3.61. The topological polar surface area (TPSA) is 96.6 Å². The lowest BCUT2D eigenvalue weighted by Gasteiger charge is -2.36. The van der Waals surface area contributed by atoms with Gasteiger partial charge in [0.15, 0.2) is 5.78 Å². The molecule has 32 heavy (non-hydrogen) atoms. The van der Waals surface area contributed by atoms with Gasteiger partial charge < -0.3 is 4.52 Å². The number of carbonyl (C=O) groups excluding carboxylic acids is 1. The molecule has 1 atom stereocenters. The van der Waals surface area contributed by atoms with E-state index in [0.29, 0.717) is 43.5 Å². The Morgan fingerprint density at radius 2 is 1.62 bits per heavy atom. The van der Waals surface area contributed by atoms with E-state index in [2.05, 4.69) is 15.0 Å². The molecule has 2 heterocycles. The van der Waals surface area contributed by atoms with Crippen LogP contribution in [-0.2, 0) is 10.0 Å². The minimum Gasteiger partial charge on any atom is -0.337 e. The fourth-order valence-electron chi connectivity index (χ4n) is 3.72. The van der Waals surface area contributed by atoms with Gasteiger partial charge in [-0.3, -0.25) is 9.69 Å². The number of carbonyl (C=O) groups is 1. The molecule has 1 fully saturated rings. The fourth-order valence-corrected chi connectivity index (χ4v) is 5.15. The van der Waals surface area contributed by atoms with Crippen molar-refractivity contribution in [2.45, 2.75) is 31.7 Å². The summed E-state index contributed by atoms with van der Waals surface area (Å²) >= 11 is 0. The Hall–Kier alpha value is -2.88. The van der Waals surface area contributed by atoms with Crippen molar-refractivity contribution in [3.63, 3.8) is 0 Å². The van der Waals surface area contributed by atoms with E-state index < -0.39 is 10.0 Å². The van der Waals surface area contributed by atoms with E-state index in [-0.39, 0.29) is 16.7 Å². The van der Waals surface area contributed by atoms with Crippen LogP contribution in [0.3, 0.4) is 0 Å². The van der Waals surface area contributed by atoms with Crippen molar-refractivity contribution in [1.29, 1.82) is 0 Å². The molecule has 1 aromatic heterocycles. The molecule has 1 saturated heterocycles. The first-order valence-corrected chi connectivity index (χ1v) is 12.0. The maximum atomic E-state index is 13.0. The minimum atomic E-state index is -3.61. The van der Waals surface area contributed by atoms with Crippen molar-refractivity contribution in [1.82, 2.24) is 19.3 Å². The summed E-state index contributed by atoms with van der Waals surface area (Å²) < 4.78 is 32.9. The number of piperazine rings is 1. The lowest BCUT2D eigenvalue weighted by Crippen LogP contribution is -2.49. The number of nitrogens with zero attached hydrogens (tertiary/aromatic N) is 4. The van der Waals surface area contributed by atoms with E-state index in [1.165, 1.54) is 23.4 Å². The predicted molar refractivity (Wildman–Crippen MR) is 120 cm³/mol. The van der Waals surface area contributed by atoms with Crippen molar-refractivity contribution >= 4 is 15.8 Å². The predicted octanol–water partition coefficient (Wildman–Crippen LogP) is 3.32. The Morgan fingerprint density at radius 1 is 1.00 bits per heavy atom. The van der Waals surface area contributed by atoms with Crippen LogP contribution < -0.4 is 0 Å². The minimum absolute atomic E-state index is 0.0943. The van der Waals surface area contributed by atoms with Crippen LogP contribution in [0.15, 0.2) is 57.9 Å². The molecule has 1 aliphatic heterocycles. The van der Waals surface area contributed by atoms with Gasteiger partial charge in [0.25, 0.3) is 0 Å². The zero-order valence-corrected chi connectivity index (χ0v) is 19.2. The third kappa shape index (κ3) is 4.50. The number of aryl methyl sites for hydroxylation is 1. The SMILES string of the molecule is CC(=O)c1ccc(S(=O)(=O)N2CCN(C(C)c3nc(-c4ccc(C)cc4)no3)CC2)cc1. The van der Waals surface area contributed by atoms with Crippen LogP contribution >= 0.6 is 0 Å². The second kappa shape index (κ2) is 8.93. The largest absolute Gasteiger partial charge is 0.337 e. The summed E-state index contributed by atoms with van der Waals surface area (Å²) in [5.74, 6) is 0.960. The van der Waals surface area contributed by atoms with Crippen LogP contribution in [0.5, 0.6) is 0 Å². The van der Waals surface area contributed by atoms with Crippen molar-refractivity contribution in [2.75, 3.05) is 26.2 Å². The zero-order chi connectivity index (χ0) is 22.9. The molecular weight excluding hydrogens is 428 g/mol. The van der Waals surface area contributed by atoms with Gasteiger partial charge in [0.05, 0.1) is 10.9 Å². The van der Waals surface area contributed by atoms with Gasteiger partial charge in [-0.2, -0.15) is 9.29 Å². The first-order chi connectivity index (χ1) is 15.3. The van der Waals surface area contributed by atoms with Crippen molar-refractivity contribution in [3.05, 3.63) is 65.5 Å². The van der Waals surface area contributed by atoms with Gasteiger partial charge in [0.1, 0.15) is 0 Å². The summed E-state index contributed by atoms with van der Waals surface area (Å²) in [5.41, 5.74) is 2.55. The standard InChI is InChI=1S/C23H26N4O4S/c1-16-4-6-20(7-5-16)22-24-23(31-25-22)17(2)26-12-14-27(15-13-26)32(29,30)21-10-8-19(9-11-21)18(3)28/h4-11,17H,12-15H2,1-3H3. The maximum absolute atomic E-state index is 13.0. The molecule has 3 aromatic rings. The molecule has 9 heteroatoms. The van der Waals surface area contributed by atoms with Crippen LogP contribution in [0.2, 0.25) is 0 Å². The number of hydrogen-bond acceptors (Lipinski definition) is 7. The Kier molecular flexibility index (Phi) is 6.23. The molecule has 0 aliphatic carbocycles. The van der Waals surface area contributed by atoms with E-state index in [1.54, 1.807) is 12.1 Å². The molecule has 168 valence electrons. The molecule has 1 aliphatic rings. The second-order valence-corrected chi connectivity index (χ2v) is 9.96. The fraction of sp³-hybridized carbons (Fsp3) is 0.348. The van der Waals surface area contributed by atoms with E-state index in [0.717, 1.165) is 11.1 Å². The molecular formula is C23H26N4O4S. The molecule has 1 unspecified atom stereocenters. The summed E-state index contributed by atoms with van der Waals surface area (Å²) in [4.78, 5) is 18.3. The van der Waals surface area contributed by atoms with Crippen molar-refractivity contribution in [3.8, 4) is 11.4 Å². The molecule has 0 spiro atoms. The molecule has 0 amide bonds. The van der Waals surface area contributed by atoms with Gasteiger partial charge in [0, 0.05) is 37.3 Å². The average Bonchev–Trinajstić information content (AvgIpc) is 3.29. The van der Waals surface area contributed by atoms with E-state index in [4.69, 9.17) is 4.52 Å². The first-order valence-electron chi connectivity index (χ1n) is 10.5. The number of aromatic nitrogens is 2. The summed E-state index contributed by atoms with van der Waals surface area (Å²) in [6.45, 7) is 7.28. The Balaban J connectivity index is 1.41. The highest BCUT2D eigenvalue weighted by atomic mass is 32.2. The molecule has 4 rings (SSSR count). The summed E-state index contributed by atoms with van der Waals surface area (Å²) in [5, 5.41) is 4.10. The van der Waals surface area contributed by atoms with Gasteiger partial charge in [-0.1, -0.05) is 47.1 Å². The molecule has 0 radical (unpaired) electrons. The van der Waals surface area contributed by atoms with Crippen LogP contribution in [0.25, 0.3) is 11.4 Å². The van der Waals surface area contributed by atoms with E-state index in [9.17, 15) is 13.2 Å². The number of benzene rings is 2. The van der Waals surface area contributed by atoms with Crippen LogP contribution in [0.1, 0.15) is 41.7 Å². The first kappa shape index (κ1) is 22.3. The summed E-state index contributed by atoms with van der Waals surface area (Å²) in [6, 6.07) is 13.9. The molecule has 2 aromatic carbocycles. The van der Waals surface area contributed by atoms with Crippen molar-refractivity contribution in [2.24, 2.45) is 0 Å². The molecule has 0 N–H and O–H groups in total. The van der Waals surface area contributed by atoms with E-state index in [1.807, 2.05) is 38.1 Å². The Labute approximate surface area is 187 Å². The smallest absolute Gasteiger partial charge is 0.244 e. The quantitative estimate of drug-likeness (QED) is 0.527. The van der Waals surface area contributed by atoms with Crippen LogP contribution in [-0.4, -0.2) is 59.7 Å². The van der Waals surface area contributed by atoms with Crippen LogP contribution in [0.4, 0.5) is 0 Å². The highest BCUT2D eigenvalue weighted by Crippen LogP contribution is 2.25. The maximum Gasteiger partial charge on any atom is 0.244 e. The third-order valence-electron chi connectivity index (χ3n) is 5.83. The highest BCUT2D eigenvalue weighted by molar-refractivity contribution is 7.89. The number of rotatable bonds is 6. The number of ketones is 1. The average molecular weight is 455 g/mol. The Bertz CT molecular complexity index is 1200. The molecule has 8 nitrogen and oxygen atoms in total. The monoisotopic (exact) mass is 454 g/mol. The molecule has 0 bridgehead atoms. The summed E-state index contributed by atoms with van der Waals surface area (Å²) in [6.07, 6.45) is 0. The number of hydrogen-bond donors (Lipinski definition) is 0. The van der Waals surface area contributed by atoms with E-state index >= 15 is 0 Å². The highest BCUT2D eigenvalue weighted by Gasteiger charge is 2.32. The van der Waals surface area contributed by atoms with Crippen LogP contribution in [0, 0.1) is 6.92 Å². The second-order valence-electron chi connectivity index (χ2n) is 8.02. The van der Waals surface area contributed by atoms with Gasteiger partial charge in [-0.15, -0.1) is 0 Å². The van der Waals surface area contributed by atoms with Gasteiger partial charge in [-0.25, -0.2) is 8.42 Å².